The molecule has 1 amide bonds. The first kappa shape index (κ1) is 16.1. The SMILES string of the molecule is Cc1nc(NC(=O)c2ccccc2[N+](=O)[O-])sc1C(C)(C)C. The third-order valence-corrected chi connectivity index (χ3v) is 4.54. The van der Waals surface area contributed by atoms with Gasteiger partial charge in [-0.1, -0.05) is 32.9 Å². The summed E-state index contributed by atoms with van der Waals surface area (Å²) in [5, 5.41) is 14.1. The summed E-state index contributed by atoms with van der Waals surface area (Å²) in [6.07, 6.45) is 0. The van der Waals surface area contributed by atoms with Crippen molar-refractivity contribution in [2.45, 2.75) is 33.1 Å². The maximum atomic E-state index is 12.3. The molecule has 0 aliphatic rings. The largest absolute Gasteiger partial charge is 0.298 e. The molecule has 0 saturated carbocycles. The molecule has 7 heteroatoms. The van der Waals surface area contributed by atoms with Crippen molar-refractivity contribution in [2.75, 3.05) is 5.32 Å². The van der Waals surface area contributed by atoms with Gasteiger partial charge in [0.1, 0.15) is 5.56 Å². The molecule has 0 spiro atoms. The van der Waals surface area contributed by atoms with Gasteiger partial charge in [-0.2, -0.15) is 0 Å². The second-order valence-electron chi connectivity index (χ2n) is 5.91. The number of nitrogens with one attached hydrogen (secondary N) is 1. The molecule has 0 atom stereocenters. The van der Waals surface area contributed by atoms with Gasteiger partial charge in [-0.3, -0.25) is 20.2 Å². The van der Waals surface area contributed by atoms with Gasteiger partial charge < -0.3 is 0 Å². The molecule has 1 aromatic carbocycles. The lowest BCUT2D eigenvalue weighted by Crippen LogP contribution is -2.13. The molecular weight excluding hydrogens is 302 g/mol. The minimum absolute atomic E-state index is 0.0256. The summed E-state index contributed by atoms with van der Waals surface area (Å²) in [5.74, 6) is -0.526. The lowest BCUT2D eigenvalue weighted by atomic mass is 9.94. The van der Waals surface area contributed by atoms with Crippen LogP contribution in [0.2, 0.25) is 0 Å². The molecule has 0 unspecified atom stereocenters. The van der Waals surface area contributed by atoms with Crippen LogP contribution in [0.15, 0.2) is 24.3 Å². The van der Waals surface area contributed by atoms with E-state index in [1.54, 1.807) is 6.07 Å². The van der Waals surface area contributed by atoms with Gasteiger partial charge in [0.2, 0.25) is 0 Å². The molecule has 0 radical (unpaired) electrons. The molecule has 0 fully saturated rings. The van der Waals surface area contributed by atoms with E-state index in [0.29, 0.717) is 5.13 Å². The van der Waals surface area contributed by atoms with E-state index in [0.717, 1.165) is 10.6 Å². The first-order valence-corrected chi connectivity index (χ1v) is 7.54. The Morgan fingerprint density at radius 3 is 2.50 bits per heavy atom. The van der Waals surface area contributed by atoms with E-state index in [-0.39, 0.29) is 16.7 Å². The monoisotopic (exact) mass is 319 g/mol. The van der Waals surface area contributed by atoms with E-state index in [1.165, 1.54) is 29.5 Å². The average Bonchev–Trinajstić information content (AvgIpc) is 2.79. The Kier molecular flexibility index (Phi) is 4.27. The van der Waals surface area contributed by atoms with Crippen molar-refractivity contribution >= 4 is 28.1 Å². The number of aryl methyl sites for hydroxylation is 1. The van der Waals surface area contributed by atoms with Crippen LogP contribution in [0, 0.1) is 17.0 Å². The summed E-state index contributed by atoms with van der Waals surface area (Å²) in [7, 11) is 0. The van der Waals surface area contributed by atoms with Crippen LogP contribution in [0.1, 0.15) is 41.7 Å². The fourth-order valence-corrected chi connectivity index (χ4v) is 3.15. The maximum absolute atomic E-state index is 12.3. The Bertz CT molecular complexity index is 732. The van der Waals surface area contributed by atoms with Crippen molar-refractivity contribution in [1.29, 1.82) is 0 Å². The zero-order valence-electron chi connectivity index (χ0n) is 12.8. The number of aromatic nitrogens is 1. The number of thiazole rings is 1. The van der Waals surface area contributed by atoms with Crippen LogP contribution in [0.4, 0.5) is 10.8 Å². The molecule has 116 valence electrons. The maximum Gasteiger partial charge on any atom is 0.282 e. The van der Waals surface area contributed by atoms with Gasteiger partial charge in [0.05, 0.1) is 10.6 Å². The molecule has 0 saturated heterocycles. The summed E-state index contributed by atoms with van der Waals surface area (Å²) in [6, 6.07) is 5.86. The summed E-state index contributed by atoms with van der Waals surface area (Å²) in [4.78, 5) is 28.1. The van der Waals surface area contributed by atoms with Crippen LogP contribution in [0.5, 0.6) is 0 Å². The van der Waals surface area contributed by atoms with Crippen molar-refractivity contribution in [3.05, 3.63) is 50.5 Å². The zero-order chi connectivity index (χ0) is 16.5. The molecule has 6 nitrogen and oxygen atoms in total. The van der Waals surface area contributed by atoms with Crippen LogP contribution >= 0.6 is 11.3 Å². The first-order chi connectivity index (χ1) is 10.2. The number of nitrogens with zero attached hydrogens (tertiary/aromatic N) is 2. The van der Waals surface area contributed by atoms with E-state index >= 15 is 0 Å². The summed E-state index contributed by atoms with van der Waals surface area (Å²) in [5.41, 5.74) is 0.598. The highest BCUT2D eigenvalue weighted by Gasteiger charge is 2.23. The molecule has 1 aromatic heterocycles. The number of para-hydroxylation sites is 1. The average molecular weight is 319 g/mol. The highest BCUT2D eigenvalue weighted by molar-refractivity contribution is 7.16. The van der Waals surface area contributed by atoms with Gasteiger partial charge in [0, 0.05) is 10.9 Å². The lowest BCUT2D eigenvalue weighted by Gasteiger charge is -2.16. The van der Waals surface area contributed by atoms with Gasteiger partial charge in [0.25, 0.3) is 11.6 Å². The Hall–Kier alpha value is -2.28. The summed E-state index contributed by atoms with van der Waals surface area (Å²) in [6.45, 7) is 8.10. The topological polar surface area (TPSA) is 85.1 Å². The molecule has 1 N–H and O–H groups in total. The Morgan fingerprint density at radius 1 is 1.32 bits per heavy atom. The smallest absolute Gasteiger partial charge is 0.282 e. The predicted molar refractivity (Wildman–Crippen MR) is 86.6 cm³/mol. The molecule has 0 bridgehead atoms. The van der Waals surface area contributed by atoms with E-state index in [9.17, 15) is 14.9 Å². The molecule has 22 heavy (non-hydrogen) atoms. The summed E-state index contributed by atoms with van der Waals surface area (Å²) >= 11 is 1.39. The molecule has 2 aromatic rings. The second-order valence-corrected chi connectivity index (χ2v) is 6.91. The minimum atomic E-state index is -0.567. The molecule has 2 rings (SSSR count). The number of nitro benzene ring substituents is 1. The highest BCUT2D eigenvalue weighted by atomic mass is 32.1. The Labute approximate surface area is 132 Å². The third-order valence-electron chi connectivity index (χ3n) is 3.04. The van der Waals surface area contributed by atoms with Crippen molar-refractivity contribution in [2.24, 2.45) is 0 Å². The van der Waals surface area contributed by atoms with Crippen molar-refractivity contribution in [1.82, 2.24) is 4.98 Å². The van der Waals surface area contributed by atoms with E-state index in [1.807, 2.05) is 6.92 Å². The zero-order valence-corrected chi connectivity index (χ0v) is 13.7. The fraction of sp³-hybridized carbons (Fsp3) is 0.333. The van der Waals surface area contributed by atoms with Crippen molar-refractivity contribution < 1.29 is 9.72 Å². The number of nitro groups is 1. The molecule has 0 aliphatic carbocycles. The standard InChI is InChI=1S/C15H17N3O3S/c1-9-12(15(2,3)4)22-14(16-9)17-13(19)10-7-5-6-8-11(10)18(20)21/h5-8H,1-4H3,(H,16,17,19). The lowest BCUT2D eigenvalue weighted by molar-refractivity contribution is -0.385. The van der Waals surface area contributed by atoms with Crippen LogP contribution in [0.25, 0.3) is 0 Å². The van der Waals surface area contributed by atoms with Crippen molar-refractivity contribution in [3.63, 3.8) is 0 Å². The molecular formula is C15H17N3O3S. The van der Waals surface area contributed by atoms with E-state index < -0.39 is 10.8 Å². The van der Waals surface area contributed by atoms with Gasteiger partial charge in [-0.15, -0.1) is 11.3 Å². The van der Waals surface area contributed by atoms with Gasteiger partial charge in [0.15, 0.2) is 5.13 Å². The number of hydrogen-bond acceptors (Lipinski definition) is 5. The number of amides is 1. The van der Waals surface area contributed by atoms with E-state index in [2.05, 4.69) is 31.1 Å². The number of benzene rings is 1. The predicted octanol–water partition coefficient (Wildman–Crippen LogP) is 3.91. The van der Waals surface area contributed by atoms with Gasteiger partial charge in [-0.05, 0) is 18.4 Å². The van der Waals surface area contributed by atoms with Crippen LogP contribution < -0.4 is 5.32 Å². The number of carbonyl (C=O) groups excluding carboxylic acids is 1. The van der Waals surface area contributed by atoms with Crippen LogP contribution in [-0.4, -0.2) is 15.8 Å². The molecule has 1 heterocycles. The Balaban J connectivity index is 2.29. The number of anilines is 1. The first-order valence-electron chi connectivity index (χ1n) is 6.73. The third kappa shape index (κ3) is 3.30. The second kappa shape index (κ2) is 5.84. The highest BCUT2D eigenvalue weighted by Crippen LogP contribution is 2.33. The Morgan fingerprint density at radius 2 is 1.95 bits per heavy atom. The number of carbonyl (C=O) groups is 1. The van der Waals surface area contributed by atoms with Gasteiger partial charge >= 0.3 is 0 Å². The molecule has 0 aliphatic heterocycles. The van der Waals surface area contributed by atoms with Crippen LogP contribution in [0.3, 0.4) is 0 Å². The minimum Gasteiger partial charge on any atom is -0.298 e. The quantitative estimate of drug-likeness (QED) is 0.686. The van der Waals surface area contributed by atoms with E-state index in [4.69, 9.17) is 0 Å². The normalized spacial score (nSPS) is 11.3. The summed E-state index contributed by atoms with van der Waals surface area (Å²) < 4.78 is 0. The van der Waals surface area contributed by atoms with Crippen LogP contribution in [-0.2, 0) is 5.41 Å². The fourth-order valence-electron chi connectivity index (χ4n) is 2.14. The number of rotatable bonds is 3. The van der Waals surface area contributed by atoms with Crippen molar-refractivity contribution in [3.8, 4) is 0 Å². The van der Waals surface area contributed by atoms with Gasteiger partial charge in [-0.25, -0.2) is 4.98 Å². The number of hydrogen-bond donors (Lipinski definition) is 1.